The lowest BCUT2D eigenvalue weighted by molar-refractivity contribution is 0.0617. The van der Waals surface area contributed by atoms with Crippen molar-refractivity contribution in [2.45, 2.75) is 18.4 Å². The topological polar surface area (TPSA) is 47.3 Å². The van der Waals surface area contributed by atoms with Crippen molar-refractivity contribution < 1.29 is 5.11 Å². The van der Waals surface area contributed by atoms with Crippen LogP contribution in [-0.2, 0) is 0 Å². The van der Waals surface area contributed by atoms with Crippen LogP contribution in [0.3, 0.4) is 0 Å². The van der Waals surface area contributed by atoms with E-state index in [0.717, 1.165) is 19.4 Å². The van der Waals surface area contributed by atoms with Crippen molar-refractivity contribution >= 4 is 7.85 Å². The molecule has 1 N–H and O–H groups in total. The first kappa shape index (κ1) is 12.2. The van der Waals surface area contributed by atoms with Crippen molar-refractivity contribution in [3.8, 4) is 5.97 Å². The molecule has 4 heteroatoms. The van der Waals surface area contributed by atoms with E-state index < -0.39 is 5.60 Å². The minimum atomic E-state index is -0.538. The summed E-state index contributed by atoms with van der Waals surface area (Å²) in [6.45, 7) is 0.740. The van der Waals surface area contributed by atoms with Crippen LogP contribution in [0.5, 0.6) is 0 Å². The van der Waals surface area contributed by atoms with Crippen LogP contribution in [0.1, 0.15) is 12.8 Å². The number of allylic oxidation sites excluding steroid dienone is 1. The lowest BCUT2D eigenvalue weighted by atomic mass is 10.0. The Kier molecular flexibility index (Phi) is 5.44. The smallest absolute Gasteiger partial charge is 0.229 e. The van der Waals surface area contributed by atoms with E-state index in [0.29, 0.717) is 0 Å². The summed E-state index contributed by atoms with van der Waals surface area (Å²) in [5, 5.41) is 16.8. The normalized spacial score (nSPS) is 25.2. The molecule has 3 nitrogen and oxygen atoms in total. The second kappa shape index (κ2) is 5.79. The molecule has 0 heterocycles. The number of aliphatic hydroxyl groups is 1. The molecule has 0 fully saturated rings. The third-order valence-corrected chi connectivity index (χ3v) is 1.76. The molecule has 1 aliphatic rings. The third-order valence-electron chi connectivity index (χ3n) is 1.76. The van der Waals surface area contributed by atoms with Crippen molar-refractivity contribution in [1.82, 2.24) is 4.90 Å². The number of hydrogen-bond acceptors (Lipinski definition) is 3. The van der Waals surface area contributed by atoms with Crippen LogP contribution in [0, 0.1) is 11.2 Å². The molecule has 0 aromatic carbocycles. The van der Waals surface area contributed by atoms with Gasteiger partial charge in [0.15, 0.2) is 0 Å². The summed E-state index contributed by atoms with van der Waals surface area (Å²) >= 11 is 0. The summed E-state index contributed by atoms with van der Waals surface area (Å²) in [7, 11) is 8.11. The first-order valence-corrected chi connectivity index (χ1v) is 4.18. The number of hydrogen-bond donors (Lipinski definition) is 1. The first-order valence-electron chi connectivity index (χ1n) is 4.18. The lowest BCUT2D eigenvalue weighted by Crippen LogP contribution is -2.36. The highest BCUT2D eigenvalue weighted by Gasteiger charge is 2.26. The van der Waals surface area contributed by atoms with Crippen molar-refractivity contribution in [2.75, 3.05) is 20.6 Å². The van der Waals surface area contributed by atoms with Crippen LogP contribution < -0.4 is 0 Å². The Balaban J connectivity index is 0.000000424. The average Bonchev–Trinajstić information content (AvgIpc) is 2.35. The van der Waals surface area contributed by atoms with Gasteiger partial charge in [0.1, 0.15) is 0 Å². The Morgan fingerprint density at radius 1 is 1.69 bits per heavy atom. The van der Waals surface area contributed by atoms with Gasteiger partial charge in [-0.05, 0) is 32.9 Å². The van der Waals surface area contributed by atoms with Gasteiger partial charge < -0.3 is 10.0 Å². The SMILES string of the molecule is CN(C)CC1(O)C=CCC1.[B]C#N. The van der Waals surface area contributed by atoms with E-state index in [2.05, 4.69) is 7.85 Å². The molecular weight excluding hydrogens is 163 g/mol. The zero-order valence-electron chi connectivity index (χ0n) is 8.20. The summed E-state index contributed by atoms with van der Waals surface area (Å²) in [5.74, 6) is 1.25. The lowest BCUT2D eigenvalue weighted by Gasteiger charge is -2.24. The number of rotatable bonds is 2. The Bertz CT molecular complexity index is 210. The summed E-state index contributed by atoms with van der Waals surface area (Å²) in [4.78, 5) is 2.01. The van der Waals surface area contributed by atoms with Gasteiger partial charge >= 0.3 is 0 Å². The van der Waals surface area contributed by atoms with Crippen molar-refractivity contribution in [3.05, 3.63) is 12.2 Å². The molecule has 0 saturated carbocycles. The van der Waals surface area contributed by atoms with Crippen LogP contribution in [0.4, 0.5) is 0 Å². The zero-order valence-corrected chi connectivity index (χ0v) is 8.20. The summed E-state index contributed by atoms with van der Waals surface area (Å²) in [6, 6.07) is 0. The van der Waals surface area contributed by atoms with E-state index in [4.69, 9.17) is 5.26 Å². The number of nitrogens with zero attached hydrogens (tertiary/aromatic N) is 2. The Hall–Kier alpha value is -0.785. The number of nitriles is 1. The molecule has 1 unspecified atom stereocenters. The highest BCUT2D eigenvalue weighted by Crippen LogP contribution is 2.22. The van der Waals surface area contributed by atoms with Crippen molar-refractivity contribution in [3.63, 3.8) is 0 Å². The molecule has 0 spiro atoms. The molecule has 2 radical (unpaired) electrons. The van der Waals surface area contributed by atoms with Gasteiger partial charge in [-0.25, -0.2) is 5.26 Å². The summed E-state index contributed by atoms with van der Waals surface area (Å²) in [6.07, 6.45) is 5.85. The molecule has 0 aromatic rings. The highest BCUT2D eigenvalue weighted by molar-refractivity contribution is 6.20. The molecule has 1 rings (SSSR count). The minimum Gasteiger partial charge on any atom is -0.384 e. The van der Waals surface area contributed by atoms with Gasteiger partial charge in [0.25, 0.3) is 0 Å². The summed E-state index contributed by atoms with van der Waals surface area (Å²) < 4.78 is 0. The fourth-order valence-corrected chi connectivity index (χ4v) is 1.40. The molecular formula is C9H15BN2O. The van der Waals surface area contributed by atoms with E-state index in [1.807, 2.05) is 31.1 Å². The quantitative estimate of drug-likeness (QED) is 0.487. The second-order valence-electron chi connectivity index (χ2n) is 3.41. The Morgan fingerprint density at radius 2 is 2.23 bits per heavy atom. The fourth-order valence-electron chi connectivity index (χ4n) is 1.40. The maximum Gasteiger partial charge on any atom is 0.229 e. The van der Waals surface area contributed by atoms with Crippen molar-refractivity contribution in [2.24, 2.45) is 0 Å². The van der Waals surface area contributed by atoms with E-state index in [-0.39, 0.29) is 0 Å². The largest absolute Gasteiger partial charge is 0.384 e. The molecule has 0 saturated heterocycles. The fraction of sp³-hybridized carbons (Fsp3) is 0.667. The van der Waals surface area contributed by atoms with E-state index in [1.54, 1.807) is 0 Å². The van der Waals surface area contributed by atoms with E-state index in [1.165, 1.54) is 5.97 Å². The molecule has 0 aromatic heterocycles. The monoisotopic (exact) mass is 178 g/mol. The van der Waals surface area contributed by atoms with Crippen LogP contribution in [0.15, 0.2) is 12.2 Å². The predicted octanol–water partition coefficient (Wildman–Crippen LogP) is 0.265. The van der Waals surface area contributed by atoms with E-state index >= 15 is 0 Å². The maximum absolute atomic E-state index is 9.73. The van der Waals surface area contributed by atoms with Gasteiger partial charge in [0, 0.05) is 6.54 Å². The van der Waals surface area contributed by atoms with Gasteiger partial charge in [-0.1, -0.05) is 12.2 Å². The Labute approximate surface area is 81.1 Å². The second-order valence-corrected chi connectivity index (χ2v) is 3.41. The molecule has 13 heavy (non-hydrogen) atoms. The standard InChI is InChI=1S/C8H15NO.CBN/c1-9(2)7-8(10)5-3-4-6-8;2-1-3/h3,5,10H,4,6-7H2,1-2H3;. The average molecular weight is 178 g/mol. The van der Waals surface area contributed by atoms with Crippen LogP contribution >= 0.6 is 0 Å². The van der Waals surface area contributed by atoms with E-state index in [9.17, 15) is 5.11 Å². The highest BCUT2D eigenvalue weighted by atomic mass is 16.3. The zero-order chi connectivity index (χ0) is 10.3. The maximum atomic E-state index is 9.73. The van der Waals surface area contributed by atoms with Crippen LogP contribution in [0.2, 0.25) is 0 Å². The summed E-state index contributed by atoms with van der Waals surface area (Å²) in [5.41, 5.74) is -0.538. The first-order chi connectivity index (χ1) is 6.04. The third kappa shape index (κ3) is 5.45. The predicted molar refractivity (Wildman–Crippen MR) is 53.2 cm³/mol. The van der Waals surface area contributed by atoms with Crippen LogP contribution in [0.25, 0.3) is 0 Å². The van der Waals surface area contributed by atoms with Crippen molar-refractivity contribution in [1.29, 1.82) is 5.26 Å². The molecule has 0 amide bonds. The molecule has 0 aliphatic heterocycles. The van der Waals surface area contributed by atoms with Gasteiger partial charge in [-0.3, -0.25) is 0 Å². The number of likely N-dealkylation sites (N-methyl/N-ethyl adjacent to an activating group) is 1. The van der Waals surface area contributed by atoms with Gasteiger partial charge in [0.2, 0.25) is 7.85 Å². The molecule has 1 atom stereocenters. The van der Waals surface area contributed by atoms with Gasteiger partial charge in [0.05, 0.1) is 5.60 Å². The van der Waals surface area contributed by atoms with Gasteiger partial charge in [-0.15, -0.1) is 0 Å². The van der Waals surface area contributed by atoms with Crippen LogP contribution in [-0.4, -0.2) is 44.1 Å². The molecule has 70 valence electrons. The minimum absolute atomic E-state index is 0.538. The molecule has 1 aliphatic carbocycles. The van der Waals surface area contributed by atoms with Gasteiger partial charge in [-0.2, -0.15) is 0 Å². The molecule has 0 bridgehead atoms. The Morgan fingerprint density at radius 3 is 2.54 bits per heavy atom.